The van der Waals surface area contributed by atoms with Gasteiger partial charge in [0.15, 0.2) is 0 Å². The van der Waals surface area contributed by atoms with Crippen LogP contribution in [0.5, 0.6) is 0 Å². The smallest absolute Gasteiger partial charge is 0.457 e. The van der Waals surface area contributed by atoms with Crippen LogP contribution < -0.4 is 5.73 Å². The van der Waals surface area contributed by atoms with Crippen LogP contribution in [-0.4, -0.2) is 49.9 Å². The second-order valence-electron chi connectivity index (χ2n) is 11.3. The van der Waals surface area contributed by atoms with Crippen LogP contribution in [-0.2, 0) is 27.9 Å². The minimum atomic E-state index is -4.29. The average Bonchev–Trinajstić information content (AvgIpc) is 3.07. The highest BCUT2D eigenvalue weighted by atomic mass is 31.2. The third-order valence-corrected chi connectivity index (χ3v) is 7.79. The maximum atomic E-state index is 12.5. The van der Waals surface area contributed by atoms with Gasteiger partial charge in [-0.15, -0.1) is 0 Å². The Morgan fingerprint density at radius 1 is 0.625 bits per heavy atom. The van der Waals surface area contributed by atoms with Crippen LogP contribution in [0.3, 0.4) is 0 Å². The number of phosphoric acid groups is 1. The van der Waals surface area contributed by atoms with Gasteiger partial charge in [0.1, 0.15) is 6.10 Å². The van der Waals surface area contributed by atoms with E-state index in [1.165, 1.54) is 0 Å². The number of allylic oxidation sites excluding steroid dienone is 14. The number of ether oxygens (including phenoxy) is 2. The molecule has 2 atom stereocenters. The molecular weight excluding hydrogens is 625 g/mol. The SMILES string of the molecule is CC/C=C\C/C=C\C/C=C\C/C=C\CCCCCOCC(COP(=O)(O)OCCN)OC(=O)CCCCC/C=C\C/C=C\C/C=C\CC. The molecule has 48 heavy (non-hydrogen) atoms. The molecule has 9 heteroatoms. The molecule has 0 radical (unpaired) electrons. The number of carbonyl (C=O) groups is 1. The number of nitrogens with two attached hydrogens (primary N) is 1. The van der Waals surface area contributed by atoms with Crippen molar-refractivity contribution in [1.29, 1.82) is 0 Å². The van der Waals surface area contributed by atoms with Gasteiger partial charge in [-0.25, -0.2) is 4.57 Å². The molecule has 0 saturated carbocycles. The van der Waals surface area contributed by atoms with E-state index in [9.17, 15) is 14.3 Å². The Balaban J connectivity index is 4.25. The maximum absolute atomic E-state index is 12.5. The fourth-order valence-electron chi connectivity index (χ4n) is 4.23. The molecule has 0 heterocycles. The van der Waals surface area contributed by atoms with Crippen molar-refractivity contribution in [2.75, 3.05) is 33.0 Å². The minimum absolute atomic E-state index is 0.0770. The van der Waals surface area contributed by atoms with Crippen LogP contribution in [0.15, 0.2) is 85.1 Å². The Kier molecular flexibility index (Phi) is 34.2. The van der Waals surface area contributed by atoms with Gasteiger partial charge in [0.05, 0.1) is 19.8 Å². The van der Waals surface area contributed by atoms with Crippen LogP contribution in [0.2, 0.25) is 0 Å². The van der Waals surface area contributed by atoms with E-state index in [0.29, 0.717) is 13.0 Å². The molecule has 0 aromatic rings. The van der Waals surface area contributed by atoms with Crippen molar-refractivity contribution in [2.24, 2.45) is 5.73 Å². The summed E-state index contributed by atoms with van der Waals surface area (Å²) in [6.07, 6.45) is 44.6. The second-order valence-corrected chi connectivity index (χ2v) is 12.8. The molecule has 0 bridgehead atoms. The molecule has 0 amide bonds. The lowest BCUT2D eigenvalue weighted by molar-refractivity contribution is -0.154. The van der Waals surface area contributed by atoms with E-state index in [0.717, 1.165) is 89.9 Å². The van der Waals surface area contributed by atoms with Crippen LogP contribution >= 0.6 is 7.82 Å². The summed E-state index contributed by atoms with van der Waals surface area (Å²) in [5.74, 6) is -0.376. The monoisotopic (exact) mass is 691 g/mol. The van der Waals surface area contributed by atoms with E-state index in [-0.39, 0.29) is 38.8 Å². The van der Waals surface area contributed by atoms with Gasteiger partial charge in [-0.3, -0.25) is 13.8 Å². The zero-order valence-electron chi connectivity index (χ0n) is 29.9. The lowest BCUT2D eigenvalue weighted by atomic mass is 10.1. The predicted molar refractivity (Wildman–Crippen MR) is 201 cm³/mol. The molecule has 0 spiro atoms. The summed E-state index contributed by atoms with van der Waals surface area (Å²) in [7, 11) is -4.29. The molecule has 0 aliphatic carbocycles. The second kappa shape index (κ2) is 36.0. The molecule has 0 aliphatic heterocycles. The zero-order chi connectivity index (χ0) is 35.2. The molecule has 2 unspecified atom stereocenters. The third kappa shape index (κ3) is 35.0. The van der Waals surface area contributed by atoms with Crippen molar-refractivity contribution in [3.8, 4) is 0 Å². The number of unbranched alkanes of at least 4 members (excludes halogenated alkanes) is 6. The van der Waals surface area contributed by atoms with E-state index in [1.807, 2.05) is 0 Å². The summed E-state index contributed by atoms with van der Waals surface area (Å²) >= 11 is 0. The first kappa shape index (κ1) is 45.7. The Bertz CT molecular complexity index is 1000. The molecule has 274 valence electrons. The predicted octanol–water partition coefficient (Wildman–Crippen LogP) is 10.2. The highest BCUT2D eigenvalue weighted by Gasteiger charge is 2.25. The highest BCUT2D eigenvalue weighted by Crippen LogP contribution is 2.43. The zero-order valence-corrected chi connectivity index (χ0v) is 30.8. The van der Waals surface area contributed by atoms with Gasteiger partial charge >= 0.3 is 13.8 Å². The van der Waals surface area contributed by atoms with E-state index >= 15 is 0 Å². The first-order chi connectivity index (χ1) is 23.4. The van der Waals surface area contributed by atoms with Crippen molar-refractivity contribution in [3.05, 3.63) is 85.1 Å². The Hall–Kier alpha value is -2.32. The standard InChI is InChI=1S/C39H66NO7P/c1-3-5-7-9-11-13-15-17-18-19-21-23-25-27-29-31-34-44-36-38(37-46-48(42,43)45-35-33-40)47-39(41)32-30-28-26-24-22-20-16-14-12-10-8-6-4-2/h5-8,11-14,17-18,20-23,38H,3-4,9-10,15-16,19,24-37,40H2,1-2H3,(H,42,43)/b7-5-,8-6-,13-11-,14-12-,18-17-,22-20-,23-21-. The van der Waals surface area contributed by atoms with Crippen LogP contribution in [0.4, 0.5) is 0 Å². The topological polar surface area (TPSA) is 117 Å². The summed E-state index contributed by atoms with van der Waals surface area (Å²) < 4.78 is 33.2. The number of carbonyl (C=O) groups excluding carboxylic acids is 1. The number of esters is 1. The normalized spacial score (nSPS) is 14.7. The molecule has 0 saturated heterocycles. The van der Waals surface area contributed by atoms with Gasteiger partial charge < -0.3 is 20.1 Å². The largest absolute Gasteiger partial charge is 0.472 e. The molecule has 0 aliphatic rings. The van der Waals surface area contributed by atoms with Crippen LogP contribution in [0, 0.1) is 0 Å². The Labute approximate surface area is 292 Å². The molecule has 8 nitrogen and oxygen atoms in total. The Morgan fingerprint density at radius 2 is 1.10 bits per heavy atom. The molecule has 0 aromatic heterocycles. The molecule has 0 rings (SSSR count). The summed E-state index contributed by atoms with van der Waals surface area (Å²) in [5.41, 5.74) is 5.34. The van der Waals surface area contributed by atoms with Crippen molar-refractivity contribution in [1.82, 2.24) is 0 Å². The fraction of sp³-hybridized carbons (Fsp3) is 0.615. The summed E-state index contributed by atoms with van der Waals surface area (Å²) in [4.78, 5) is 22.3. The summed E-state index contributed by atoms with van der Waals surface area (Å²) in [5, 5.41) is 0. The molecule has 3 N–H and O–H groups in total. The van der Waals surface area contributed by atoms with Gasteiger partial charge in [-0.05, 0) is 83.5 Å². The van der Waals surface area contributed by atoms with Crippen LogP contribution in [0.1, 0.15) is 117 Å². The van der Waals surface area contributed by atoms with Crippen molar-refractivity contribution < 1.29 is 32.8 Å². The Morgan fingerprint density at radius 3 is 1.60 bits per heavy atom. The van der Waals surface area contributed by atoms with Crippen LogP contribution in [0.25, 0.3) is 0 Å². The van der Waals surface area contributed by atoms with Gasteiger partial charge in [-0.1, -0.05) is 112 Å². The molecular formula is C39H66NO7P. The fourth-order valence-corrected chi connectivity index (χ4v) is 5.00. The summed E-state index contributed by atoms with van der Waals surface area (Å²) in [6, 6.07) is 0. The maximum Gasteiger partial charge on any atom is 0.472 e. The number of hydrogen-bond donors (Lipinski definition) is 2. The van der Waals surface area contributed by atoms with Gasteiger partial charge in [0, 0.05) is 19.6 Å². The van der Waals surface area contributed by atoms with Crippen molar-refractivity contribution in [3.63, 3.8) is 0 Å². The third-order valence-electron chi connectivity index (χ3n) is 6.81. The van der Waals surface area contributed by atoms with Crippen molar-refractivity contribution in [2.45, 2.75) is 123 Å². The van der Waals surface area contributed by atoms with E-state index in [1.54, 1.807) is 0 Å². The lowest BCUT2D eigenvalue weighted by Gasteiger charge is -2.20. The van der Waals surface area contributed by atoms with Gasteiger partial charge in [-0.2, -0.15) is 0 Å². The van der Waals surface area contributed by atoms with Gasteiger partial charge in [0.25, 0.3) is 0 Å². The summed E-state index contributed by atoms with van der Waals surface area (Å²) in [6.45, 7) is 4.52. The first-order valence-corrected chi connectivity index (χ1v) is 19.6. The van der Waals surface area contributed by atoms with E-state index < -0.39 is 13.9 Å². The average molecular weight is 692 g/mol. The molecule has 0 aromatic carbocycles. The highest BCUT2D eigenvalue weighted by molar-refractivity contribution is 7.47. The molecule has 0 fully saturated rings. The number of rotatable bonds is 33. The van der Waals surface area contributed by atoms with Gasteiger partial charge in [0.2, 0.25) is 0 Å². The van der Waals surface area contributed by atoms with E-state index in [4.69, 9.17) is 24.3 Å². The van der Waals surface area contributed by atoms with E-state index in [2.05, 4.69) is 98.9 Å². The lowest BCUT2D eigenvalue weighted by Crippen LogP contribution is -2.28. The first-order valence-electron chi connectivity index (χ1n) is 18.1. The van der Waals surface area contributed by atoms with Crippen molar-refractivity contribution >= 4 is 13.8 Å². The quantitative estimate of drug-likeness (QED) is 0.0302. The minimum Gasteiger partial charge on any atom is -0.457 e. The number of phosphoric ester groups is 1. The number of hydrogen-bond acceptors (Lipinski definition) is 7.